The molecule has 1 amide bonds. The summed E-state index contributed by atoms with van der Waals surface area (Å²) in [5.41, 5.74) is 2.61. The van der Waals surface area contributed by atoms with Crippen LogP contribution in [0.4, 0.5) is 11.5 Å². The lowest BCUT2D eigenvalue weighted by molar-refractivity contribution is -0.120. The quantitative estimate of drug-likeness (QED) is 0.445. The number of nitrogens with zero attached hydrogens (tertiary/aromatic N) is 8. The molecular weight excluding hydrogens is 426 g/mol. The Morgan fingerprint density at radius 1 is 1.12 bits per heavy atom. The zero-order valence-electron chi connectivity index (χ0n) is 16.7. The van der Waals surface area contributed by atoms with E-state index in [1.165, 1.54) is 12.7 Å². The Bertz CT molecular complexity index is 1370. The molecule has 5 heterocycles. The summed E-state index contributed by atoms with van der Waals surface area (Å²) in [7, 11) is 0. The third kappa shape index (κ3) is 3.38. The van der Waals surface area contributed by atoms with Gasteiger partial charge in [-0.3, -0.25) is 9.20 Å². The number of aromatic nitrogens is 7. The van der Waals surface area contributed by atoms with Crippen molar-refractivity contribution >= 4 is 33.7 Å². The first-order valence-corrected chi connectivity index (χ1v) is 10.9. The van der Waals surface area contributed by atoms with Crippen LogP contribution in [0.1, 0.15) is 0 Å². The molecule has 1 aliphatic heterocycles. The van der Waals surface area contributed by atoms with Gasteiger partial charge in [-0.1, -0.05) is 12.1 Å². The average Bonchev–Trinajstić information content (AvgIpc) is 3.51. The van der Waals surface area contributed by atoms with E-state index in [0.717, 1.165) is 27.7 Å². The molecule has 0 spiro atoms. The van der Waals surface area contributed by atoms with Crippen molar-refractivity contribution in [2.75, 3.05) is 23.3 Å². The molecule has 0 unspecified atom stereocenters. The third-order valence-corrected chi connectivity index (χ3v) is 6.16. The van der Waals surface area contributed by atoms with Crippen molar-refractivity contribution in [3.63, 3.8) is 0 Å². The van der Waals surface area contributed by atoms with E-state index in [1.807, 2.05) is 57.4 Å². The number of nitrogens with one attached hydrogen (secondary N) is 1. The number of carbonyl (C=O) groups is 1. The second-order valence-electron chi connectivity index (χ2n) is 7.47. The molecule has 4 aromatic heterocycles. The zero-order valence-corrected chi connectivity index (χ0v) is 17.6. The molecule has 10 nitrogen and oxygen atoms in total. The number of imidazole rings is 1. The minimum Gasteiger partial charge on any atom is -0.355 e. The molecule has 158 valence electrons. The van der Waals surface area contributed by atoms with Crippen LogP contribution in [-0.2, 0) is 4.79 Å². The lowest BCUT2D eigenvalue weighted by Crippen LogP contribution is -2.52. The summed E-state index contributed by atoms with van der Waals surface area (Å²) >= 11 is 1.59. The van der Waals surface area contributed by atoms with Crippen LogP contribution in [0.3, 0.4) is 0 Å². The summed E-state index contributed by atoms with van der Waals surface area (Å²) in [6, 6.07) is 9.61. The number of anilines is 2. The molecular formula is C21H17N9OS. The molecule has 1 N–H and O–H groups in total. The number of thiazole rings is 1. The monoisotopic (exact) mass is 443 g/mol. The van der Waals surface area contributed by atoms with Crippen LogP contribution in [0.5, 0.6) is 0 Å². The van der Waals surface area contributed by atoms with Gasteiger partial charge in [0, 0.05) is 48.2 Å². The summed E-state index contributed by atoms with van der Waals surface area (Å²) < 4.78 is 3.57. The van der Waals surface area contributed by atoms with Gasteiger partial charge < -0.3 is 10.2 Å². The normalized spacial score (nSPS) is 13.9. The second kappa shape index (κ2) is 7.54. The SMILES string of the molecule is O=C(Nc1cccc(-c2cn3ccsc3n2)c1)C1CN(c2cc(-n3cncn3)ncn2)C1. The van der Waals surface area contributed by atoms with E-state index >= 15 is 0 Å². The number of hydrogen-bond acceptors (Lipinski definition) is 8. The van der Waals surface area contributed by atoms with Crippen molar-refractivity contribution in [1.82, 2.24) is 34.1 Å². The molecule has 32 heavy (non-hydrogen) atoms. The predicted octanol–water partition coefficient (Wildman–Crippen LogP) is 2.51. The van der Waals surface area contributed by atoms with Gasteiger partial charge in [-0.25, -0.2) is 24.6 Å². The minimum atomic E-state index is -0.110. The molecule has 0 aliphatic carbocycles. The van der Waals surface area contributed by atoms with E-state index in [2.05, 4.69) is 30.4 Å². The largest absolute Gasteiger partial charge is 0.355 e. The number of amides is 1. The van der Waals surface area contributed by atoms with Crippen LogP contribution in [0.15, 0.2) is 67.1 Å². The molecule has 0 atom stereocenters. The number of rotatable bonds is 5. The highest BCUT2D eigenvalue weighted by atomic mass is 32.1. The van der Waals surface area contributed by atoms with Gasteiger partial charge in [0.1, 0.15) is 24.8 Å². The Morgan fingerprint density at radius 2 is 2.03 bits per heavy atom. The summed E-state index contributed by atoms with van der Waals surface area (Å²) in [6.07, 6.45) is 8.50. The maximum Gasteiger partial charge on any atom is 0.231 e. The van der Waals surface area contributed by atoms with Crippen LogP contribution in [0.2, 0.25) is 0 Å². The van der Waals surface area contributed by atoms with Crippen LogP contribution >= 0.6 is 11.3 Å². The van der Waals surface area contributed by atoms with E-state index in [4.69, 9.17) is 0 Å². The maximum atomic E-state index is 12.8. The van der Waals surface area contributed by atoms with E-state index < -0.39 is 0 Å². The fourth-order valence-corrected chi connectivity index (χ4v) is 4.36. The van der Waals surface area contributed by atoms with Gasteiger partial charge in [0.05, 0.1) is 11.6 Å². The van der Waals surface area contributed by atoms with Crippen molar-refractivity contribution in [2.45, 2.75) is 0 Å². The van der Waals surface area contributed by atoms with Crippen LogP contribution < -0.4 is 10.2 Å². The van der Waals surface area contributed by atoms with Crippen molar-refractivity contribution in [3.05, 3.63) is 67.1 Å². The van der Waals surface area contributed by atoms with Crippen molar-refractivity contribution in [2.24, 2.45) is 5.92 Å². The highest BCUT2D eigenvalue weighted by Crippen LogP contribution is 2.27. The number of hydrogen-bond donors (Lipinski definition) is 1. The van der Waals surface area contributed by atoms with Gasteiger partial charge in [0.15, 0.2) is 10.8 Å². The van der Waals surface area contributed by atoms with Crippen molar-refractivity contribution in [3.8, 4) is 17.1 Å². The second-order valence-corrected chi connectivity index (χ2v) is 8.34. The fraction of sp³-hybridized carbons (Fsp3) is 0.143. The molecule has 5 aromatic rings. The fourth-order valence-electron chi connectivity index (χ4n) is 3.66. The van der Waals surface area contributed by atoms with Gasteiger partial charge in [0.25, 0.3) is 0 Å². The van der Waals surface area contributed by atoms with Gasteiger partial charge in [-0.05, 0) is 12.1 Å². The minimum absolute atomic E-state index is 0.00483. The summed E-state index contributed by atoms with van der Waals surface area (Å²) in [5.74, 6) is 1.28. The molecule has 0 radical (unpaired) electrons. The lowest BCUT2D eigenvalue weighted by atomic mass is 9.99. The van der Waals surface area contributed by atoms with E-state index in [0.29, 0.717) is 18.9 Å². The van der Waals surface area contributed by atoms with E-state index in [-0.39, 0.29) is 11.8 Å². The highest BCUT2D eigenvalue weighted by Gasteiger charge is 2.33. The Kier molecular flexibility index (Phi) is 4.39. The lowest BCUT2D eigenvalue weighted by Gasteiger charge is -2.39. The topological polar surface area (TPSA) is 106 Å². The Hall–Kier alpha value is -4.12. The smallest absolute Gasteiger partial charge is 0.231 e. The molecule has 6 rings (SSSR count). The third-order valence-electron chi connectivity index (χ3n) is 5.39. The Balaban J connectivity index is 1.11. The van der Waals surface area contributed by atoms with Crippen LogP contribution in [-0.4, -0.2) is 53.1 Å². The van der Waals surface area contributed by atoms with Gasteiger partial charge in [-0.2, -0.15) is 5.10 Å². The molecule has 1 aromatic carbocycles. The van der Waals surface area contributed by atoms with Crippen molar-refractivity contribution < 1.29 is 4.79 Å². The molecule has 1 aliphatic rings. The maximum absolute atomic E-state index is 12.8. The van der Waals surface area contributed by atoms with Gasteiger partial charge in [-0.15, -0.1) is 11.3 Å². The molecule has 0 saturated carbocycles. The number of fused-ring (bicyclic) bond motifs is 1. The standard InChI is InChI=1S/C21H17N9OS/c31-20(15-8-29(9-15)18-7-19(24-12-23-18)30-13-22-11-25-30)26-16-3-1-2-14(6-16)17-10-28-4-5-32-21(28)27-17/h1-7,10-13,15H,8-9H2,(H,26,31). The first-order chi connectivity index (χ1) is 15.7. The molecule has 0 bridgehead atoms. The van der Waals surface area contributed by atoms with E-state index in [1.54, 1.807) is 22.3 Å². The molecule has 11 heteroatoms. The Labute approximate surface area is 186 Å². The highest BCUT2D eigenvalue weighted by molar-refractivity contribution is 7.15. The van der Waals surface area contributed by atoms with Crippen molar-refractivity contribution in [1.29, 1.82) is 0 Å². The molecule has 1 fully saturated rings. The van der Waals surface area contributed by atoms with Gasteiger partial charge >= 0.3 is 0 Å². The van der Waals surface area contributed by atoms with Crippen LogP contribution in [0.25, 0.3) is 22.0 Å². The zero-order chi connectivity index (χ0) is 21.5. The predicted molar refractivity (Wildman–Crippen MR) is 120 cm³/mol. The summed E-state index contributed by atoms with van der Waals surface area (Å²) in [4.78, 5) is 32.9. The van der Waals surface area contributed by atoms with Crippen LogP contribution in [0, 0.1) is 5.92 Å². The number of benzene rings is 1. The van der Waals surface area contributed by atoms with Gasteiger partial charge in [0.2, 0.25) is 5.91 Å². The number of carbonyl (C=O) groups excluding carboxylic acids is 1. The first-order valence-electron chi connectivity index (χ1n) is 9.98. The average molecular weight is 443 g/mol. The summed E-state index contributed by atoms with van der Waals surface area (Å²) in [5, 5.41) is 9.12. The molecule has 1 saturated heterocycles. The van der Waals surface area contributed by atoms with E-state index in [9.17, 15) is 4.79 Å². The summed E-state index contributed by atoms with van der Waals surface area (Å²) in [6.45, 7) is 1.19. The first kappa shape index (κ1) is 18.6. The Morgan fingerprint density at radius 3 is 2.88 bits per heavy atom.